The molecule has 4 heteroatoms. The zero-order chi connectivity index (χ0) is 19.3. The Balaban J connectivity index is 2.33. The Morgan fingerprint density at radius 1 is 1.04 bits per heavy atom. The molecule has 1 N–H and O–H groups in total. The van der Waals surface area contributed by atoms with E-state index in [1.807, 2.05) is 43.3 Å². The summed E-state index contributed by atoms with van der Waals surface area (Å²) in [6, 6.07) is 11.8. The summed E-state index contributed by atoms with van der Waals surface area (Å²) in [5, 5.41) is 5.01. The molecule has 1 atom stereocenters. The molecule has 0 aliphatic carbocycles. The largest absolute Gasteiger partial charge is 0.493 e. The summed E-state index contributed by atoms with van der Waals surface area (Å²) in [7, 11) is 1.59. The molecule has 4 nitrogen and oxygen atoms in total. The van der Waals surface area contributed by atoms with Gasteiger partial charge >= 0.3 is 0 Å². The number of ether oxygens (including phenoxy) is 2. The highest BCUT2D eigenvalue weighted by molar-refractivity contribution is 6.06. The molecule has 0 aliphatic rings. The number of fused-ring (bicyclic) bond motifs is 1. The fraction of sp³-hybridized carbons (Fsp3) is 0.500. The first-order valence-corrected chi connectivity index (χ1v) is 9.28. The third-order valence-corrected chi connectivity index (χ3v) is 4.43. The average Bonchev–Trinajstić information content (AvgIpc) is 2.60. The summed E-state index contributed by atoms with van der Waals surface area (Å²) in [5.41, 5.74) is -0.0863. The summed E-state index contributed by atoms with van der Waals surface area (Å²) in [4.78, 5) is 12.9. The van der Waals surface area contributed by atoms with Crippen LogP contribution in [0.5, 0.6) is 5.75 Å². The van der Waals surface area contributed by atoms with E-state index < -0.39 is 5.60 Å². The molecule has 0 radical (unpaired) electrons. The van der Waals surface area contributed by atoms with E-state index in [-0.39, 0.29) is 5.91 Å². The van der Waals surface area contributed by atoms with E-state index in [1.54, 1.807) is 7.11 Å². The van der Waals surface area contributed by atoms with Crippen molar-refractivity contribution >= 4 is 22.4 Å². The summed E-state index contributed by atoms with van der Waals surface area (Å²) >= 11 is 0. The van der Waals surface area contributed by atoms with Crippen LogP contribution in [0.25, 0.3) is 10.8 Å². The molecular weight excluding hydrogens is 326 g/mol. The molecule has 2 aromatic carbocycles. The smallest absolute Gasteiger partial charge is 0.256 e. The minimum Gasteiger partial charge on any atom is -0.493 e. The van der Waals surface area contributed by atoms with Crippen molar-refractivity contribution in [1.29, 1.82) is 0 Å². The highest BCUT2D eigenvalue weighted by Gasteiger charge is 2.34. The quantitative estimate of drug-likeness (QED) is 0.700. The number of methoxy groups -OCH3 is 1. The highest BCUT2D eigenvalue weighted by atomic mass is 16.5. The SMILES string of the molecule is COC(C)(CC(C)C)C(=O)Nc1ccc(OCC(C)C)c2ccccc12. The van der Waals surface area contributed by atoms with Gasteiger partial charge < -0.3 is 14.8 Å². The monoisotopic (exact) mass is 357 g/mol. The molecule has 0 aromatic heterocycles. The Labute approximate surface area is 156 Å². The van der Waals surface area contributed by atoms with Crippen LogP contribution in [0.2, 0.25) is 0 Å². The minimum absolute atomic E-state index is 0.130. The number of anilines is 1. The van der Waals surface area contributed by atoms with Crippen molar-refractivity contribution in [2.24, 2.45) is 11.8 Å². The van der Waals surface area contributed by atoms with Crippen molar-refractivity contribution in [3.05, 3.63) is 36.4 Å². The van der Waals surface area contributed by atoms with Crippen LogP contribution in [-0.2, 0) is 9.53 Å². The van der Waals surface area contributed by atoms with Crippen molar-refractivity contribution in [3.63, 3.8) is 0 Å². The van der Waals surface area contributed by atoms with Crippen molar-refractivity contribution in [3.8, 4) is 5.75 Å². The number of rotatable bonds is 8. The van der Waals surface area contributed by atoms with E-state index in [9.17, 15) is 4.79 Å². The van der Waals surface area contributed by atoms with Gasteiger partial charge in [-0.15, -0.1) is 0 Å². The van der Waals surface area contributed by atoms with Crippen LogP contribution in [0.4, 0.5) is 5.69 Å². The zero-order valence-electron chi connectivity index (χ0n) is 16.8. The summed E-state index contributed by atoms with van der Waals surface area (Å²) in [6.45, 7) is 10.9. The lowest BCUT2D eigenvalue weighted by Gasteiger charge is -2.29. The molecule has 0 saturated heterocycles. The van der Waals surface area contributed by atoms with Crippen LogP contribution >= 0.6 is 0 Å². The number of nitrogens with one attached hydrogen (secondary N) is 1. The maximum Gasteiger partial charge on any atom is 0.256 e. The Morgan fingerprint density at radius 2 is 1.69 bits per heavy atom. The van der Waals surface area contributed by atoms with Gasteiger partial charge in [0.15, 0.2) is 0 Å². The molecule has 0 aliphatic heterocycles. The molecule has 142 valence electrons. The lowest BCUT2D eigenvalue weighted by Crippen LogP contribution is -2.43. The van der Waals surface area contributed by atoms with Gasteiger partial charge in [-0.05, 0) is 37.3 Å². The second kappa shape index (κ2) is 8.54. The molecule has 2 aromatic rings. The molecule has 0 spiro atoms. The first-order valence-electron chi connectivity index (χ1n) is 9.28. The van der Waals surface area contributed by atoms with Gasteiger partial charge in [0.25, 0.3) is 5.91 Å². The van der Waals surface area contributed by atoms with Gasteiger partial charge in [-0.25, -0.2) is 0 Å². The number of amides is 1. The molecule has 0 saturated carbocycles. The molecule has 0 heterocycles. The van der Waals surface area contributed by atoms with E-state index in [2.05, 4.69) is 33.0 Å². The molecule has 2 rings (SSSR count). The third kappa shape index (κ3) is 4.76. The van der Waals surface area contributed by atoms with Gasteiger partial charge in [0.1, 0.15) is 11.4 Å². The van der Waals surface area contributed by atoms with Crippen LogP contribution in [0.1, 0.15) is 41.0 Å². The fourth-order valence-corrected chi connectivity index (χ4v) is 3.07. The average molecular weight is 357 g/mol. The maximum absolute atomic E-state index is 12.9. The van der Waals surface area contributed by atoms with Gasteiger partial charge in [0, 0.05) is 23.6 Å². The Bertz CT molecular complexity index is 754. The second-order valence-corrected chi connectivity index (χ2v) is 7.85. The van der Waals surface area contributed by atoms with Crippen LogP contribution in [0.15, 0.2) is 36.4 Å². The first-order chi connectivity index (χ1) is 12.3. The van der Waals surface area contributed by atoms with E-state index in [0.29, 0.717) is 24.9 Å². The summed E-state index contributed by atoms with van der Waals surface area (Å²) < 4.78 is 11.5. The normalized spacial score (nSPS) is 13.8. The van der Waals surface area contributed by atoms with Crippen LogP contribution < -0.4 is 10.1 Å². The topological polar surface area (TPSA) is 47.6 Å². The first kappa shape index (κ1) is 20.2. The van der Waals surface area contributed by atoms with E-state index in [4.69, 9.17) is 9.47 Å². The number of hydrogen-bond acceptors (Lipinski definition) is 3. The molecule has 0 bridgehead atoms. The van der Waals surface area contributed by atoms with Gasteiger partial charge in [-0.1, -0.05) is 52.0 Å². The van der Waals surface area contributed by atoms with Gasteiger partial charge in [0.05, 0.1) is 6.61 Å². The standard InChI is InChI=1S/C22H31NO3/c1-15(2)13-22(5,25-6)21(24)23-19-11-12-20(26-14-16(3)4)18-10-8-7-9-17(18)19/h7-12,15-16H,13-14H2,1-6H3,(H,23,24). The fourth-order valence-electron chi connectivity index (χ4n) is 3.07. The zero-order valence-corrected chi connectivity index (χ0v) is 16.8. The molecular formula is C22H31NO3. The molecule has 0 fully saturated rings. The number of hydrogen-bond donors (Lipinski definition) is 1. The van der Waals surface area contributed by atoms with Gasteiger partial charge in [-0.3, -0.25) is 4.79 Å². The summed E-state index contributed by atoms with van der Waals surface area (Å²) in [5.74, 6) is 1.51. The van der Waals surface area contributed by atoms with E-state index >= 15 is 0 Å². The summed E-state index contributed by atoms with van der Waals surface area (Å²) in [6.07, 6.45) is 0.656. The lowest BCUT2D eigenvalue weighted by atomic mass is 9.93. The lowest BCUT2D eigenvalue weighted by molar-refractivity contribution is -0.137. The van der Waals surface area contributed by atoms with Crippen LogP contribution in [-0.4, -0.2) is 25.2 Å². The van der Waals surface area contributed by atoms with E-state index in [0.717, 1.165) is 22.2 Å². The number of benzene rings is 2. The Hall–Kier alpha value is -2.07. The van der Waals surface area contributed by atoms with Crippen molar-refractivity contribution < 1.29 is 14.3 Å². The molecule has 26 heavy (non-hydrogen) atoms. The Morgan fingerprint density at radius 3 is 2.27 bits per heavy atom. The minimum atomic E-state index is -0.859. The van der Waals surface area contributed by atoms with Crippen molar-refractivity contribution in [2.75, 3.05) is 19.0 Å². The highest BCUT2D eigenvalue weighted by Crippen LogP contribution is 2.33. The van der Waals surface area contributed by atoms with Crippen LogP contribution in [0, 0.1) is 11.8 Å². The van der Waals surface area contributed by atoms with E-state index in [1.165, 1.54) is 0 Å². The Kier molecular flexibility index (Phi) is 6.65. The van der Waals surface area contributed by atoms with Crippen molar-refractivity contribution in [1.82, 2.24) is 0 Å². The van der Waals surface area contributed by atoms with Gasteiger partial charge in [-0.2, -0.15) is 0 Å². The van der Waals surface area contributed by atoms with Crippen LogP contribution in [0.3, 0.4) is 0 Å². The predicted molar refractivity (Wildman–Crippen MR) is 108 cm³/mol. The number of carbonyl (C=O) groups is 1. The predicted octanol–water partition coefficient (Wildman–Crippen LogP) is 5.26. The third-order valence-electron chi connectivity index (χ3n) is 4.43. The number of carbonyl (C=O) groups excluding carboxylic acids is 1. The van der Waals surface area contributed by atoms with Crippen molar-refractivity contribution in [2.45, 2.75) is 46.6 Å². The second-order valence-electron chi connectivity index (χ2n) is 7.85. The maximum atomic E-state index is 12.9. The molecule has 1 amide bonds. The molecule has 1 unspecified atom stereocenters. The van der Waals surface area contributed by atoms with Gasteiger partial charge in [0.2, 0.25) is 0 Å².